The fourth-order valence-corrected chi connectivity index (χ4v) is 4.51. The van der Waals surface area contributed by atoms with Crippen LogP contribution in [0.25, 0.3) is 0 Å². The van der Waals surface area contributed by atoms with Gasteiger partial charge in [-0.05, 0) is 57.1 Å². The molecule has 1 spiro atoms. The third-order valence-corrected chi connectivity index (χ3v) is 6.58. The summed E-state index contributed by atoms with van der Waals surface area (Å²) in [7, 11) is 0. The van der Waals surface area contributed by atoms with Crippen molar-refractivity contribution in [3.05, 3.63) is 23.3 Å². The summed E-state index contributed by atoms with van der Waals surface area (Å²) in [5.74, 6) is 2.57. The Labute approximate surface area is 174 Å². The first-order valence-electron chi connectivity index (χ1n) is 11.1. The zero-order valence-corrected chi connectivity index (χ0v) is 18.3. The van der Waals surface area contributed by atoms with Crippen LogP contribution >= 0.6 is 0 Å². The van der Waals surface area contributed by atoms with E-state index in [9.17, 15) is 9.59 Å². The van der Waals surface area contributed by atoms with Crippen molar-refractivity contribution in [3.8, 4) is 11.5 Å². The molecule has 0 aromatic heterocycles. The van der Waals surface area contributed by atoms with Crippen LogP contribution < -0.4 is 9.47 Å². The number of hydrogen-bond donors (Lipinski definition) is 0. The monoisotopic (exact) mass is 401 g/mol. The van der Waals surface area contributed by atoms with Crippen LogP contribution in [0.1, 0.15) is 76.8 Å². The number of rotatable bonds is 10. The van der Waals surface area contributed by atoms with Gasteiger partial charge in [-0.2, -0.15) is 0 Å². The molecule has 1 aromatic carbocycles. The maximum Gasteiger partial charge on any atom is 0.210 e. The summed E-state index contributed by atoms with van der Waals surface area (Å²) in [6.07, 6.45) is 6.87. The van der Waals surface area contributed by atoms with Gasteiger partial charge in [-0.25, -0.2) is 0 Å². The fourth-order valence-electron chi connectivity index (χ4n) is 4.51. The van der Waals surface area contributed by atoms with Crippen LogP contribution in [0.3, 0.4) is 0 Å². The second-order valence-corrected chi connectivity index (χ2v) is 8.90. The highest BCUT2D eigenvalue weighted by Gasteiger charge is 2.49. The Morgan fingerprint density at radius 2 is 2.07 bits per heavy atom. The minimum Gasteiger partial charge on any atom is -0.485 e. The van der Waals surface area contributed by atoms with E-state index >= 15 is 0 Å². The van der Waals surface area contributed by atoms with E-state index in [1.54, 1.807) is 4.90 Å². The molecular formula is C24H35NO4. The molecule has 1 heterocycles. The first-order valence-corrected chi connectivity index (χ1v) is 11.1. The molecule has 5 heteroatoms. The molecule has 0 radical (unpaired) electrons. The number of carbonyl (C=O) groups is 2. The Balaban J connectivity index is 1.69. The second kappa shape index (κ2) is 9.19. The van der Waals surface area contributed by atoms with Crippen molar-refractivity contribution in [2.45, 2.75) is 90.8 Å². The van der Waals surface area contributed by atoms with Crippen molar-refractivity contribution >= 4 is 12.2 Å². The Morgan fingerprint density at radius 1 is 1.31 bits per heavy atom. The molecule has 1 amide bonds. The van der Waals surface area contributed by atoms with Crippen LogP contribution in [0.2, 0.25) is 0 Å². The van der Waals surface area contributed by atoms with E-state index in [2.05, 4.69) is 6.92 Å². The number of aryl methyl sites for hydroxylation is 1. The first kappa shape index (κ1) is 21.7. The van der Waals surface area contributed by atoms with Gasteiger partial charge in [0.25, 0.3) is 0 Å². The number of hydrogen-bond acceptors (Lipinski definition) is 4. The highest BCUT2D eigenvalue weighted by molar-refractivity contribution is 5.78. The maximum absolute atomic E-state index is 11.9. The summed E-state index contributed by atoms with van der Waals surface area (Å²) in [5, 5.41) is 0. The van der Waals surface area contributed by atoms with Gasteiger partial charge in [0.2, 0.25) is 6.41 Å². The van der Waals surface area contributed by atoms with Gasteiger partial charge in [0, 0.05) is 31.0 Å². The van der Waals surface area contributed by atoms with E-state index in [4.69, 9.17) is 9.47 Å². The fraction of sp³-hybridized carbons (Fsp3) is 0.667. The number of amides is 1. The SMILES string of the molecule is CCCC(=O)CCC(C)N(C=O)Cc1c(C)ccc2c1OCC1(CC(CC)C1)O2. The number of benzene rings is 1. The summed E-state index contributed by atoms with van der Waals surface area (Å²) < 4.78 is 12.6. The summed E-state index contributed by atoms with van der Waals surface area (Å²) in [6, 6.07) is 4.04. The number of ketones is 1. The number of carbonyl (C=O) groups excluding carboxylic acids is 2. The zero-order valence-electron chi connectivity index (χ0n) is 18.3. The lowest BCUT2D eigenvalue weighted by atomic mass is 9.69. The van der Waals surface area contributed by atoms with Gasteiger partial charge in [0.15, 0.2) is 11.5 Å². The van der Waals surface area contributed by atoms with E-state index < -0.39 is 0 Å². The van der Waals surface area contributed by atoms with Gasteiger partial charge in [0.05, 0.1) is 0 Å². The van der Waals surface area contributed by atoms with Crippen LogP contribution in [-0.2, 0) is 16.1 Å². The molecule has 1 aliphatic heterocycles. The average molecular weight is 402 g/mol. The van der Waals surface area contributed by atoms with Crippen molar-refractivity contribution in [3.63, 3.8) is 0 Å². The Kier molecular flexibility index (Phi) is 6.86. The van der Waals surface area contributed by atoms with E-state index in [0.29, 0.717) is 32.4 Å². The highest BCUT2D eigenvalue weighted by atomic mass is 16.6. The Hall–Kier alpha value is -2.04. The third kappa shape index (κ3) is 4.76. The van der Waals surface area contributed by atoms with E-state index in [1.165, 1.54) is 6.42 Å². The van der Waals surface area contributed by atoms with Crippen LogP contribution in [0.4, 0.5) is 0 Å². The molecular weight excluding hydrogens is 366 g/mol. The molecule has 1 aliphatic carbocycles. The van der Waals surface area contributed by atoms with Crippen molar-refractivity contribution in [1.29, 1.82) is 0 Å². The van der Waals surface area contributed by atoms with Gasteiger partial charge in [-0.3, -0.25) is 9.59 Å². The van der Waals surface area contributed by atoms with Gasteiger partial charge < -0.3 is 14.4 Å². The molecule has 1 unspecified atom stereocenters. The Morgan fingerprint density at radius 3 is 2.72 bits per heavy atom. The molecule has 1 fully saturated rings. The van der Waals surface area contributed by atoms with Gasteiger partial charge in [0.1, 0.15) is 18.0 Å². The summed E-state index contributed by atoms with van der Waals surface area (Å²) in [4.78, 5) is 25.4. The molecule has 1 saturated carbocycles. The molecule has 0 saturated heterocycles. The summed E-state index contributed by atoms with van der Waals surface area (Å²) in [5.41, 5.74) is 1.92. The molecule has 1 atom stereocenters. The molecule has 5 nitrogen and oxygen atoms in total. The number of ether oxygens (including phenoxy) is 2. The molecule has 0 bridgehead atoms. The summed E-state index contributed by atoms with van der Waals surface area (Å²) >= 11 is 0. The van der Waals surface area contributed by atoms with Crippen LogP contribution in [-0.4, -0.2) is 35.3 Å². The summed E-state index contributed by atoms with van der Waals surface area (Å²) in [6.45, 7) is 9.33. The predicted molar refractivity (Wildman–Crippen MR) is 113 cm³/mol. The van der Waals surface area contributed by atoms with Gasteiger partial charge in [-0.1, -0.05) is 26.3 Å². The molecule has 3 rings (SSSR count). The highest BCUT2D eigenvalue weighted by Crippen LogP contribution is 2.49. The predicted octanol–water partition coefficient (Wildman–Crippen LogP) is 4.82. The first-order chi connectivity index (χ1) is 13.9. The number of fused-ring (bicyclic) bond motifs is 1. The van der Waals surface area contributed by atoms with Crippen LogP contribution in [0, 0.1) is 12.8 Å². The van der Waals surface area contributed by atoms with E-state index in [0.717, 1.165) is 54.2 Å². The molecule has 0 N–H and O–H groups in total. The lowest BCUT2D eigenvalue weighted by Crippen LogP contribution is -2.54. The van der Waals surface area contributed by atoms with E-state index in [1.807, 2.05) is 32.9 Å². The lowest BCUT2D eigenvalue weighted by molar-refractivity contribution is -0.123. The maximum atomic E-state index is 11.9. The average Bonchev–Trinajstić information content (AvgIpc) is 2.69. The largest absolute Gasteiger partial charge is 0.485 e. The minimum absolute atomic E-state index is 0.00337. The third-order valence-electron chi connectivity index (χ3n) is 6.58. The second-order valence-electron chi connectivity index (χ2n) is 8.90. The van der Waals surface area contributed by atoms with Crippen LogP contribution in [0.5, 0.6) is 11.5 Å². The molecule has 2 aliphatic rings. The van der Waals surface area contributed by atoms with Gasteiger partial charge in [-0.15, -0.1) is 0 Å². The standard InChI is InChI=1S/C24H35NO4/c1-5-7-20(27)10-9-18(4)25(16-26)14-21-17(3)8-11-22-23(21)28-15-24(29-22)12-19(6-2)13-24/h8,11,16,18-19H,5-7,9-10,12-15H2,1-4H3. The van der Waals surface area contributed by atoms with Crippen molar-refractivity contribution in [2.24, 2.45) is 5.92 Å². The normalized spacial score (nSPS) is 23.4. The zero-order chi connectivity index (χ0) is 21.0. The number of Topliss-reactive ketones (excluding diaryl/α,β-unsaturated/α-hetero) is 1. The molecule has 160 valence electrons. The van der Waals surface area contributed by atoms with Gasteiger partial charge >= 0.3 is 0 Å². The van der Waals surface area contributed by atoms with Crippen molar-refractivity contribution < 1.29 is 19.1 Å². The smallest absolute Gasteiger partial charge is 0.210 e. The number of nitrogens with zero attached hydrogens (tertiary/aromatic N) is 1. The Bertz CT molecular complexity index is 739. The molecule has 1 aromatic rings. The van der Waals surface area contributed by atoms with Crippen molar-refractivity contribution in [2.75, 3.05) is 6.61 Å². The molecule has 29 heavy (non-hydrogen) atoms. The quantitative estimate of drug-likeness (QED) is 0.527. The van der Waals surface area contributed by atoms with E-state index in [-0.39, 0.29) is 17.4 Å². The van der Waals surface area contributed by atoms with Crippen molar-refractivity contribution in [1.82, 2.24) is 4.90 Å². The lowest BCUT2D eigenvalue weighted by Gasteiger charge is -2.49. The minimum atomic E-state index is -0.169. The van der Waals surface area contributed by atoms with Crippen LogP contribution in [0.15, 0.2) is 12.1 Å². The topological polar surface area (TPSA) is 55.8 Å².